The fourth-order valence-electron chi connectivity index (χ4n) is 5.10. The van der Waals surface area contributed by atoms with Gasteiger partial charge in [-0.3, -0.25) is 28.7 Å². The first-order valence-electron chi connectivity index (χ1n) is 11.6. The van der Waals surface area contributed by atoms with Crippen LogP contribution in [0.1, 0.15) is 45.2 Å². The molecule has 2 N–H and O–H groups in total. The van der Waals surface area contributed by atoms with Crippen LogP contribution in [0.15, 0.2) is 67.8 Å². The van der Waals surface area contributed by atoms with Crippen LogP contribution in [0.25, 0.3) is 0 Å². The molecule has 0 unspecified atom stereocenters. The lowest BCUT2D eigenvalue weighted by Crippen LogP contribution is -2.44. The molecule has 2 aliphatic heterocycles. The van der Waals surface area contributed by atoms with E-state index in [0.29, 0.717) is 33.9 Å². The van der Waals surface area contributed by atoms with E-state index in [1.54, 1.807) is 13.8 Å². The zero-order valence-electron chi connectivity index (χ0n) is 20.9. The molecule has 2 aromatic carbocycles. The fraction of sp³-hybridized carbons (Fsp3) is 0.308. The minimum absolute atomic E-state index is 0.00721. The molecule has 10 nitrogen and oxygen atoms in total. The maximum absolute atomic E-state index is 13.1. The zero-order valence-corrected chi connectivity index (χ0v) is 22.5. The number of carbonyl (C=O) groups is 2. The second kappa shape index (κ2) is 8.09. The average Bonchev–Trinajstić information content (AvgIpc) is 3.22. The second-order valence-corrected chi connectivity index (χ2v) is 13.5. The Bertz CT molecular complexity index is 1760. The Hall–Kier alpha value is -3.32. The summed E-state index contributed by atoms with van der Waals surface area (Å²) in [7, 11) is -8.82. The molecule has 0 bridgehead atoms. The van der Waals surface area contributed by atoms with Gasteiger partial charge < -0.3 is 0 Å². The van der Waals surface area contributed by atoms with Crippen LogP contribution in [0.4, 0.5) is 11.4 Å². The van der Waals surface area contributed by atoms with Gasteiger partial charge in [-0.2, -0.15) is 16.8 Å². The number of benzene rings is 2. The molecular formula is C26H24N2O8S2. The molecule has 0 spiro atoms. The minimum Gasteiger partial charge on any atom is -0.293 e. The Labute approximate surface area is 219 Å². The molecule has 0 saturated heterocycles. The van der Waals surface area contributed by atoms with Gasteiger partial charge in [-0.15, -0.1) is 0 Å². The van der Waals surface area contributed by atoms with Crippen LogP contribution >= 0.6 is 0 Å². The molecule has 2 heterocycles. The molecule has 198 valence electrons. The average molecular weight is 557 g/mol. The van der Waals surface area contributed by atoms with Gasteiger partial charge in [0.05, 0.1) is 38.4 Å². The number of aliphatic imine (C=N–C) groups is 2. The van der Waals surface area contributed by atoms with Crippen LogP contribution in [0.5, 0.6) is 0 Å². The van der Waals surface area contributed by atoms with Gasteiger partial charge in [0.1, 0.15) is 0 Å². The summed E-state index contributed by atoms with van der Waals surface area (Å²) in [5, 5.41) is 0. The highest BCUT2D eigenvalue weighted by Gasteiger charge is 2.48. The summed E-state index contributed by atoms with van der Waals surface area (Å²) in [4.78, 5) is 34.6. The molecule has 38 heavy (non-hydrogen) atoms. The predicted octanol–water partition coefficient (Wildman–Crippen LogP) is 3.69. The topological polar surface area (TPSA) is 168 Å². The maximum atomic E-state index is 13.1. The Balaban J connectivity index is 1.38. The third kappa shape index (κ3) is 3.99. The van der Waals surface area contributed by atoms with Gasteiger partial charge in [-0.1, -0.05) is 27.7 Å². The predicted molar refractivity (Wildman–Crippen MR) is 139 cm³/mol. The normalized spacial score (nSPS) is 21.4. The van der Waals surface area contributed by atoms with E-state index < -0.39 is 37.0 Å². The van der Waals surface area contributed by atoms with Crippen LogP contribution in [-0.4, -0.2) is 48.9 Å². The Morgan fingerprint density at radius 3 is 1.76 bits per heavy atom. The summed E-state index contributed by atoms with van der Waals surface area (Å²) in [6.07, 6.45) is 1.49. The first-order chi connectivity index (χ1) is 17.4. The second-order valence-electron chi connectivity index (χ2n) is 10.7. The van der Waals surface area contributed by atoms with E-state index in [2.05, 4.69) is 9.98 Å². The number of ketones is 2. The van der Waals surface area contributed by atoms with E-state index in [1.165, 1.54) is 42.5 Å². The lowest BCUT2D eigenvalue weighted by Gasteiger charge is -2.30. The molecule has 0 radical (unpaired) electrons. The molecular weight excluding hydrogens is 532 g/mol. The molecule has 0 aromatic heterocycles. The SMILES string of the molecule is CC1(C)C(C=C2C(=O)C(CC3=Nc4ccc(S(=O)(=O)O)cc4C3(C)C)C2=O)=Nc2ccc(S(=O)(=O)O)cc21. The van der Waals surface area contributed by atoms with E-state index in [1.807, 2.05) is 13.8 Å². The monoisotopic (exact) mass is 556 g/mol. The van der Waals surface area contributed by atoms with E-state index in [0.717, 1.165) is 0 Å². The van der Waals surface area contributed by atoms with Crippen molar-refractivity contribution in [2.45, 2.75) is 54.7 Å². The molecule has 0 atom stereocenters. The summed E-state index contributed by atoms with van der Waals surface area (Å²) >= 11 is 0. The first-order valence-corrected chi connectivity index (χ1v) is 14.5. The maximum Gasteiger partial charge on any atom is 0.294 e. The van der Waals surface area contributed by atoms with Crippen molar-refractivity contribution < 1.29 is 35.5 Å². The van der Waals surface area contributed by atoms with Crippen molar-refractivity contribution in [2.24, 2.45) is 15.9 Å². The smallest absolute Gasteiger partial charge is 0.293 e. The number of Topliss-reactive ketones (excluding diaryl/α,β-unsaturated/α-hetero) is 2. The Morgan fingerprint density at radius 2 is 1.26 bits per heavy atom. The van der Waals surface area contributed by atoms with Gasteiger partial charge in [0, 0.05) is 23.0 Å². The number of nitrogens with zero attached hydrogens (tertiary/aromatic N) is 2. The van der Waals surface area contributed by atoms with Gasteiger partial charge in [0.2, 0.25) is 0 Å². The highest BCUT2D eigenvalue weighted by molar-refractivity contribution is 7.86. The number of allylic oxidation sites excluding steroid dienone is 2. The highest BCUT2D eigenvalue weighted by Crippen LogP contribution is 2.45. The van der Waals surface area contributed by atoms with E-state index in [-0.39, 0.29) is 33.4 Å². The van der Waals surface area contributed by atoms with Crippen LogP contribution < -0.4 is 0 Å². The number of carbonyl (C=O) groups excluding carboxylic acids is 2. The largest absolute Gasteiger partial charge is 0.294 e. The third-order valence-corrected chi connectivity index (χ3v) is 9.28. The van der Waals surface area contributed by atoms with Crippen molar-refractivity contribution in [2.75, 3.05) is 0 Å². The van der Waals surface area contributed by atoms with Crippen LogP contribution in [-0.2, 0) is 40.7 Å². The van der Waals surface area contributed by atoms with E-state index in [4.69, 9.17) is 0 Å². The van der Waals surface area contributed by atoms with Crippen molar-refractivity contribution in [1.29, 1.82) is 0 Å². The van der Waals surface area contributed by atoms with Crippen molar-refractivity contribution in [3.63, 3.8) is 0 Å². The van der Waals surface area contributed by atoms with Gasteiger partial charge in [-0.25, -0.2) is 0 Å². The quantitative estimate of drug-likeness (QED) is 0.243. The van der Waals surface area contributed by atoms with Gasteiger partial charge in [0.25, 0.3) is 20.2 Å². The molecule has 3 aliphatic rings. The first kappa shape index (κ1) is 26.3. The van der Waals surface area contributed by atoms with Crippen molar-refractivity contribution >= 4 is 54.6 Å². The highest BCUT2D eigenvalue weighted by atomic mass is 32.2. The van der Waals surface area contributed by atoms with Crippen LogP contribution in [0.3, 0.4) is 0 Å². The zero-order chi connectivity index (χ0) is 28.0. The molecule has 12 heteroatoms. The van der Waals surface area contributed by atoms with Gasteiger partial charge in [0.15, 0.2) is 11.6 Å². The number of fused-ring (bicyclic) bond motifs is 2. The number of rotatable bonds is 5. The summed E-state index contributed by atoms with van der Waals surface area (Å²) < 4.78 is 65.1. The van der Waals surface area contributed by atoms with E-state index >= 15 is 0 Å². The minimum atomic E-state index is -4.41. The molecule has 2 aromatic rings. The summed E-state index contributed by atoms with van der Waals surface area (Å²) in [6, 6.07) is 8.11. The van der Waals surface area contributed by atoms with Gasteiger partial charge >= 0.3 is 0 Å². The van der Waals surface area contributed by atoms with Crippen LogP contribution in [0, 0.1) is 5.92 Å². The summed E-state index contributed by atoms with van der Waals surface area (Å²) in [5.41, 5.74) is 1.48. The number of hydrogen-bond acceptors (Lipinski definition) is 8. The lowest BCUT2D eigenvalue weighted by atomic mass is 9.69. The van der Waals surface area contributed by atoms with Crippen molar-refractivity contribution in [1.82, 2.24) is 0 Å². The summed E-state index contributed by atoms with van der Waals surface area (Å²) in [6.45, 7) is 7.18. The molecule has 1 saturated carbocycles. The van der Waals surface area contributed by atoms with Gasteiger partial charge in [-0.05, 0) is 53.6 Å². The standard InChI is InChI=1S/C26H24N2O8S2/c1-25(2)17-9-13(37(31,32)33)5-7-19(17)27-21(25)11-15-23(29)16(24(15)30)12-22-26(3,4)18-10-14(38(34,35)36)6-8-20(18)28-22/h5-11,16H,12H2,1-4H3,(H,31,32,33)(H,34,35,36). The van der Waals surface area contributed by atoms with Crippen LogP contribution in [0.2, 0.25) is 0 Å². The lowest BCUT2D eigenvalue weighted by molar-refractivity contribution is -0.136. The van der Waals surface area contributed by atoms with E-state index in [9.17, 15) is 35.5 Å². The molecule has 5 rings (SSSR count). The molecule has 0 amide bonds. The van der Waals surface area contributed by atoms with Crippen molar-refractivity contribution in [3.8, 4) is 0 Å². The Morgan fingerprint density at radius 1 is 0.789 bits per heavy atom. The number of hydrogen-bond donors (Lipinski definition) is 2. The molecule has 1 aliphatic carbocycles. The fourth-order valence-corrected chi connectivity index (χ4v) is 6.12. The van der Waals surface area contributed by atoms with Crippen molar-refractivity contribution in [3.05, 3.63) is 59.2 Å². The third-order valence-electron chi connectivity index (χ3n) is 7.58. The summed E-state index contributed by atoms with van der Waals surface area (Å²) in [5.74, 6) is -1.67. The molecule has 1 fully saturated rings. The Kier molecular flexibility index (Phi) is 5.60.